The number of carbonyl (C=O) groups is 1. The summed E-state index contributed by atoms with van der Waals surface area (Å²) in [5.74, 6) is -0.00718. The summed E-state index contributed by atoms with van der Waals surface area (Å²) < 4.78 is 4.94. The molecule has 2 atom stereocenters. The van der Waals surface area contributed by atoms with Crippen LogP contribution in [0.3, 0.4) is 0 Å². The molecule has 0 aromatic rings. The van der Waals surface area contributed by atoms with Crippen LogP contribution in [-0.2, 0) is 9.53 Å². The second-order valence-corrected chi connectivity index (χ2v) is 11.2. The van der Waals surface area contributed by atoms with Gasteiger partial charge in [-0.3, -0.25) is 4.79 Å². The molecule has 5 aliphatic heterocycles. The second kappa shape index (κ2) is 10.1. The fourth-order valence-corrected chi connectivity index (χ4v) is 6.49. The Morgan fingerprint density at radius 3 is 2.24 bits per heavy atom. The highest BCUT2D eigenvalue weighted by Gasteiger charge is 2.41. The smallest absolute Gasteiger partial charge is 0.305 e. The second-order valence-electron chi connectivity index (χ2n) is 11.2. The molecule has 0 amide bonds. The van der Waals surface area contributed by atoms with Gasteiger partial charge in [-0.1, -0.05) is 6.92 Å². The standard InChI is InChI=1S/C32H34N4O5/c1-14-18(6-7-29(40)41-5)31-19-8-28(39)30-17(4)25(36-32(19)30)11-27-21(13-38)16(3)23(34-27)10-26-20(12-37)15(2)22(33-26)9-24(14)35-31/h9-11,14,18,35,37-39H,6-8,12-13H2,1-5H3/t14-,18-/m0/s1. The molecule has 0 spiro atoms. The predicted octanol–water partition coefficient (Wildman–Crippen LogP) is 4.19. The number of fused-ring (bicyclic) bond motifs is 5. The summed E-state index contributed by atoms with van der Waals surface area (Å²) in [6.45, 7) is 7.56. The molecule has 9 nitrogen and oxygen atoms in total. The fraction of sp³-hybridized carbons (Fsp3) is 0.375. The molecule has 1 aliphatic carbocycles. The number of rotatable bonds is 5. The molecule has 41 heavy (non-hydrogen) atoms. The molecule has 4 N–H and O–H groups in total. The van der Waals surface area contributed by atoms with Crippen molar-refractivity contribution in [2.75, 3.05) is 20.3 Å². The molecule has 0 radical (unpaired) electrons. The van der Waals surface area contributed by atoms with Gasteiger partial charge in [0, 0.05) is 58.4 Å². The Labute approximate surface area is 238 Å². The van der Waals surface area contributed by atoms with Crippen LogP contribution in [-0.4, -0.2) is 58.7 Å². The molecule has 9 heteroatoms. The Morgan fingerprint density at radius 2 is 1.61 bits per heavy atom. The molecule has 0 unspecified atom stereocenters. The van der Waals surface area contributed by atoms with E-state index in [2.05, 4.69) is 12.2 Å². The van der Waals surface area contributed by atoms with Gasteiger partial charge in [-0.25, -0.2) is 15.0 Å². The third-order valence-corrected chi connectivity index (χ3v) is 9.03. The number of aliphatic hydroxyl groups is 3. The average molecular weight is 555 g/mol. The summed E-state index contributed by atoms with van der Waals surface area (Å²) >= 11 is 0. The van der Waals surface area contributed by atoms with Gasteiger partial charge in [0.2, 0.25) is 0 Å². The first kappa shape index (κ1) is 27.1. The van der Waals surface area contributed by atoms with E-state index in [1.54, 1.807) is 0 Å². The molecule has 5 heterocycles. The molecule has 0 aromatic heterocycles. The molecule has 212 valence electrons. The number of nitrogens with one attached hydrogen (secondary N) is 1. The number of hydrogen-bond donors (Lipinski definition) is 4. The topological polar surface area (TPSA) is 136 Å². The number of ether oxygens (including phenoxy) is 1. The first-order valence-corrected chi connectivity index (χ1v) is 13.9. The van der Waals surface area contributed by atoms with Crippen LogP contribution in [0.1, 0.15) is 47.0 Å². The minimum atomic E-state index is -0.268. The van der Waals surface area contributed by atoms with E-state index in [1.807, 2.05) is 39.0 Å². The van der Waals surface area contributed by atoms with Crippen molar-refractivity contribution in [1.82, 2.24) is 5.32 Å². The maximum atomic E-state index is 12.1. The summed E-state index contributed by atoms with van der Waals surface area (Å²) in [5, 5.41) is 35.3. The van der Waals surface area contributed by atoms with Crippen LogP contribution >= 0.6 is 0 Å². The Kier molecular flexibility index (Phi) is 6.66. The Morgan fingerprint density at radius 1 is 0.976 bits per heavy atom. The SMILES string of the molecule is COC(=O)CC[C@@H]1C2=C3CC(O)=C4C3=NC(=C4C)C=C3N=C(C=C4N=C(C=C(N2)[C@H]1C)C(C)=C4CO)C(C)=C3CO. The lowest BCUT2D eigenvalue weighted by molar-refractivity contribution is -0.140. The predicted molar refractivity (Wildman–Crippen MR) is 157 cm³/mol. The number of aliphatic imine (C=N–C) groups is 3. The summed E-state index contributed by atoms with van der Waals surface area (Å²) in [4.78, 5) is 26.9. The van der Waals surface area contributed by atoms with E-state index >= 15 is 0 Å². The number of methoxy groups -OCH3 is 1. The highest BCUT2D eigenvalue weighted by molar-refractivity contribution is 6.21. The number of aliphatic hydroxyl groups excluding tert-OH is 3. The van der Waals surface area contributed by atoms with Gasteiger partial charge in [-0.05, 0) is 62.1 Å². The van der Waals surface area contributed by atoms with Gasteiger partial charge in [0.1, 0.15) is 5.76 Å². The molecule has 6 aliphatic rings. The van der Waals surface area contributed by atoms with E-state index in [-0.39, 0.29) is 43.2 Å². The highest BCUT2D eigenvalue weighted by atomic mass is 16.5. The van der Waals surface area contributed by atoms with Crippen LogP contribution in [0.25, 0.3) is 0 Å². The summed E-state index contributed by atoms with van der Waals surface area (Å²) in [5.41, 5.74) is 11.6. The van der Waals surface area contributed by atoms with Gasteiger partial charge >= 0.3 is 5.97 Å². The molecular formula is C32H34N4O5. The van der Waals surface area contributed by atoms with Crippen LogP contribution in [0.4, 0.5) is 0 Å². The van der Waals surface area contributed by atoms with Crippen molar-refractivity contribution in [2.24, 2.45) is 26.8 Å². The van der Waals surface area contributed by atoms with Gasteiger partial charge in [0.25, 0.3) is 0 Å². The highest BCUT2D eigenvalue weighted by Crippen LogP contribution is 2.46. The van der Waals surface area contributed by atoms with E-state index < -0.39 is 0 Å². The van der Waals surface area contributed by atoms with E-state index in [0.717, 1.165) is 56.3 Å². The van der Waals surface area contributed by atoms with E-state index in [0.29, 0.717) is 41.2 Å². The lowest BCUT2D eigenvalue weighted by atomic mass is 9.86. The normalized spacial score (nSPS) is 25.0. The maximum Gasteiger partial charge on any atom is 0.305 e. The first-order chi connectivity index (χ1) is 19.7. The lowest BCUT2D eigenvalue weighted by Gasteiger charge is -2.17. The van der Waals surface area contributed by atoms with Crippen LogP contribution < -0.4 is 5.32 Å². The minimum Gasteiger partial charge on any atom is -0.511 e. The molecule has 8 bridgehead atoms. The van der Waals surface area contributed by atoms with Gasteiger partial charge in [0.05, 0.1) is 54.5 Å². The van der Waals surface area contributed by atoms with Crippen molar-refractivity contribution < 1.29 is 24.9 Å². The summed E-state index contributed by atoms with van der Waals surface area (Å²) in [6, 6.07) is 0. The van der Waals surface area contributed by atoms with Crippen molar-refractivity contribution in [1.29, 1.82) is 0 Å². The van der Waals surface area contributed by atoms with E-state index in [1.165, 1.54) is 7.11 Å². The van der Waals surface area contributed by atoms with Crippen LogP contribution in [0.2, 0.25) is 0 Å². The first-order valence-electron chi connectivity index (χ1n) is 13.9. The van der Waals surface area contributed by atoms with Crippen LogP contribution in [0.5, 0.6) is 0 Å². The zero-order valence-electron chi connectivity index (χ0n) is 23.9. The fourth-order valence-electron chi connectivity index (χ4n) is 6.49. The molecular weight excluding hydrogens is 520 g/mol. The number of hydrogen-bond acceptors (Lipinski definition) is 9. The Balaban J connectivity index is 1.59. The molecule has 1 saturated heterocycles. The van der Waals surface area contributed by atoms with Crippen molar-refractivity contribution in [2.45, 2.75) is 47.0 Å². The van der Waals surface area contributed by atoms with Gasteiger partial charge in [-0.15, -0.1) is 0 Å². The van der Waals surface area contributed by atoms with Crippen LogP contribution in [0, 0.1) is 11.8 Å². The number of nitrogens with zero attached hydrogens (tertiary/aromatic N) is 3. The third kappa shape index (κ3) is 4.22. The third-order valence-electron chi connectivity index (χ3n) is 9.03. The van der Waals surface area contributed by atoms with Crippen LogP contribution in [0.15, 0.2) is 106 Å². The Hall–Kier alpha value is -4.08. The maximum absolute atomic E-state index is 12.1. The monoisotopic (exact) mass is 554 g/mol. The zero-order valence-corrected chi connectivity index (χ0v) is 23.9. The van der Waals surface area contributed by atoms with Gasteiger partial charge in [-0.2, -0.15) is 0 Å². The summed E-state index contributed by atoms with van der Waals surface area (Å²) in [7, 11) is 1.40. The minimum absolute atomic E-state index is 0.0282. The van der Waals surface area contributed by atoms with E-state index in [4.69, 9.17) is 19.7 Å². The lowest BCUT2D eigenvalue weighted by Crippen LogP contribution is -2.16. The largest absolute Gasteiger partial charge is 0.511 e. The van der Waals surface area contributed by atoms with Crippen molar-refractivity contribution in [3.05, 3.63) is 91.5 Å². The number of allylic oxidation sites excluding steroid dienone is 10. The molecule has 6 rings (SSSR count). The summed E-state index contributed by atoms with van der Waals surface area (Å²) in [6.07, 6.45) is 6.91. The molecule has 1 fully saturated rings. The number of esters is 1. The Bertz CT molecular complexity index is 1650. The van der Waals surface area contributed by atoms with Crippen molar-refractivity contribution >= 4 is 23.1 Å². The number of carbonyl (C=O) groups excluding carboxylic acids is 1. The van der Waals surface area contributed by atoms with E-state index in [9.17, 15) is 20.1 Å². The zero-order chi connectivity index (χ0) is 29.2. The van der Waals surface area contributed by atoms with Gasteiger partial charge < -0.3 is 25.4 Å². The molecule has 0 saturated carbocycles. The van der Waals surface area contributed by atoms with Gasteiger partial charge in [0.15, 0.2) is 0 Å². The molecule has 0 aromatic carbocycles. The quantitative estimate of drug-likeness (QED) is 0.377. The van der Waals surface area contributed by atoms with Crippen molar-refractivity contribution in [3.8, 4) is 0 Å². The van der Waals surface area contributed by atoms with Crippen molar-refractivity contribution in [3.63, 3.8) is 0 Å². The average Bonchev–Trinajstić information content (AvgIpc) is 3.70.